The summed E-state index contributed by atoms with van der Waals surface area (Å²) in [5, 5.41) is 1.58. The van der Waals surface area contributed by atoms with Gasteiger partial charge in [-0.25, -0.2) is 0 Å². The molecule has 3 heteroatoms. The Labute approximate surface area is 88.1 Å². The van der Waals surface area contributed by atoms with E-state index < -0.39 is 0 Å². The molecule has 0 N–H and O–H groups in total. The molecule has 0 spiro atoms. The van der Waals surface area contributed by atoms with Crippen molar-refractivity contribution in [3.8, 4) is 0 Å². The number of hydrogen-bond donors (Lipinski definition) is 0. The fourth-order valence-electron chi connectivity index (χ4n) is 1.81. The second-order valence-electron chi connectivity index (χ2n) is 3.65. The largest absolute Gasteiger partial charge is 0.447 e. The Kier molecular flexibility index (Phi) is 3.30. The SMILES string of the molecule is O=Cc1ccc(SC2CCCCC2)o1. The van der Waals surface area contributed by atoms with Crippen molar-refractivity contribution in [3.05, 3.63) is 17.9 Å². The Balaban J connectivity index is 1.92. The maximum atomic E-state index is 10.4. The highest BCUT2D eigenvalue weighted by Gasteiger charge is 2.16. The molecule has 14 heavy (non-hydrogen) atoms. The van der Waals surface area contributed by atoms with Crippen molar-refractivity contribution in [2.24, 2.45) is 0 Å². The lowest BCUT2D eigenvalue weighted by Gasteiger charge is -2.19. The van der Waals surface area contributed by atoms with Crippen LogP contribution in [0.2, 0.25) is 0 Å². The summed E-state index contributed by atoms with van der Waals surface area (Å²) in [5.74, 6) is 0.434. The van der Waals surface area contributed by atoms with Crippen LogP contribution in [0, 0.1) is 0 Å². The standard InChI is InChI=1S/C11H14O2S/c12-8-9-6-7-11(13-9)14-10-4-2-1-3-5-10/h6-8,10H,1-5H2. The number of aldehydes is 1. The van der Waals surface area contributed by atoms with Gasteiger partial charge in [0, 0.05) is 5.25 Å². The normalized spacial score (nSPS) is 18.3. The highest BCUT2D eigenvalue weighted by atomic mass is 32.2. The van der Waals surface area contributed by atoms with E-state index in [0.717, 1.165) is 11.4 Å². The van der Waals surface area contributed by atoms with E-state index in [9.17, 15) is 4.79 Å². The number of hydrogen-bond acceptors (Lipinski definition) is 3. The van der Waals surface area contributed by atoms with Crippen LogP contribution in [0.3, 0.4) is 0 Å². The second-order valence-corrected chi connectivity index (χ2v) is 4.96. The highest BCUT2D eigenvalue weighted by molar-refractivity contribution is 7.99. The van der Waals surface area contributed by atoms with Crippen LogP contribution < -0.4 is 0 Å². The molecular formula is C11H14O2S. The van der Waals surface area contributed by atoms with Crippen LogP contribution in [0.15, 0.2) is 21.6 Å². The molecule has 0 aliphatic heterocycles. The van der Waals surface area contributed by atoms with Gasteiger partial charge in [-0.15, -0.1) is 0 Å². The summed E-state index contributed by atoms with van der Waals surface area (Å²) in [4.78, 5) is 10.4. The smallest absolute Gasteiger partial charge is 0.185 e. The lowest BCUT2D eigenvalue weighted by Crippen LogP contribution is -2.07. The van der Waals surface area contributed by atoms with Crippen LogP contribution in [0.4, 0.5) is 0 Å². The topological polar surface area (TPSA) is 30.2 Å². The minimum absolute atomic E-state index is 0.434. The van der Waals surface area contributed by atoms with Gasteiger partial charge in [-0.1, -0.05) is 31.0 Å². The van der Waals surface area contributed by atoms with E-state index >= 15 is 0 Å². The molecule has 0 amide bonds. The predicted octanol–water partition coefficient (Wildman–Crippen LogP) is 3.52. The summed E-state index contributed by atoms with van der Waals surface area (Å²) >= 11 is 1.78. The Hall–Kier alpha value is -0.700. The van der Waals surface area contributed by atoms with Crippen molar-refractivity contribution in [2.45, 2.75) is 42.4 Å². The molecule has 2 nitrogen and oxygen atoms in total. The van der Waals surface area contributed by atoms with Gasteiger partial charge in [0.2, 0.25) is 0 Å². The number of furan rings is 1. The van der Waals surface area contributed by atoms with E-state index in [-0.39, 0.29) is 0 Å². The molecule has 0 radical (unpaired) electrons. The molecule has 1 aromatic rings. The Morgan fingerprint density at radius 3 is 2.71 bits per heavy atom. The summed E-state index contributed by atoms with van der Waals surface area (Å²) in [6, 6.07) is 3.63. The molecule has 1 heterocycles. The van der Waals surface area contributed by atoms with Crippen molar-refractivity contribution < 1.29 is 9.21 Å². The zero-order chi connectivity index (χ0) is 9.80. The zero-order valence-electron chi connectivity index (χ0n) is 8.07. The average molecular weight is 210 g/mol. The van der Waals surface area contributed by atoms with Crippen LogP contribution in [0.5, 0.6) is 0 Å². The van der Waals surface area contributed by atoms with Gasteiger partial charge in [0.15, 0.2) is 17.1 Å². The van der Waals surface area contributed by atoms with E-state index in [0.29, 0.717) is 11.0 Å². The summed E-state index contributed by atoms with van der Waals surface area (Å²) in [6.07, 6.45) is 7.35. The van der Waals surface area contributed by atoms with Crippen LogP contribution in [-0.4, -0.2) is 11.5 Å². The first-order valence-electron chi connectivity index (χ1n) is 5.10. The first kappa shape index (κ1) is 9.84. The van der Waals surface area contributed by atoms with Gasteiger partial charge in [0.1, 0.15) is 0 Å². The molecular weight excluding hydrogens is 196 g/mol. The summed E-state index contributed by atoms with van der Waals surface area (Å²) in [6.45, 7) is 0. The van der Waals surface area contributed by atoms with E-state index in [2.05, 4.69) is 0 Å². The van der Waals surface area contributed by atoms with Gasteiger partial charge in [0.25, 0.3) is 0 Å². The van der Waals surface area contributed by atoms with Crippen LogP contribution in [0.25, 0.3) is 0 Å². The first-order chi connectivity index (χ1) is 6.88. The molecule has 1 fully saturated rings. The lowest BCUT2D eigenvalue weighted by atomic mass is 10.0. The maximum Gasteiger partial charge on any atom is 0.185 e. The molecule has 76 valence electrons. The zero-order valence-corrected chi connectivity index (χ0v) is 8.89. The van der Waals surface area contributed by atoms with Crippen LogP contribution in [-0.2, 0) is 0 Å². The molecule has 2 rings (SSSR count). The van der Waals surface area contributed by atoms with E-state index in [1.54, 1.807) is 17.8 Å². The number of carbonyl (C=O) groups is 1. The summed E-state index contributed by atoms with van der Waals surface area (Å²) < 4.78 is 5.33. The van der Waals surface area contributed by atoms with Crippen molar-refractivity contribution in [1.29, 1.82) is 0 Å². The van der Waals surface area contributed by atoms with Gasteiger partial charge in [-0.2, -0.15) is 0 Å². The molecule has 0 bridgehead atoms. The van der Waals surface area contributed by atoms with Gasteiger partial charge in [-0.05, 0) is 25.0 Å². The quantitative estimate of drug-likeness (QED) is 0.715. The third-order valence-electron chi connectivity index (χ3n) is 2.55. The third kappa shape index (κ3) is 2.41. The minimum atomic E-state index is 0.434. The van der Waals surface area contributed by atoms with Crippen LogP contribution >= 0.6 is 11.8 Å². The molecule has 1 aromatic heterocycles. The minimum Gasteiger partial charge on any atom is -0.447 e. The summed E-state index contributed by atoms with van der Waals surface area (Å²) in [5.41, 5.74) is 0. The average Bonchev–Trinajstić information content (AvgIpc) is 2.67. The molecule has 0 unspecified atom stereocenters. The van der Waals surface area contributed by atoms with Crippen molar-refractivity contribution in [3.63, 3.8) is 0 Å². The van der Waals surface area contributed by atoms with Crippen molar-refractivity contribution in [1.82, 2.24) is 0 Å². The van der Waals surface area contributed by atoms with Gasteiger partial charge < -0.3 is 4.42 Å². The highest BCUT2D eigenvalue weighted by Crippen LogP contribution is 2.34. The van der Waals surface area contributed by atoms with Crippen LogP contribution in [0.1, 0.15) is 42.7 Å². The first-order valence-corrected chi connectivity index (χ1v) is 5.98. The number of carbonyl (C=O) groups excluding carboxylic acids is 1. The number of thioether (sulfide) groups is 1. The predicted molar refractivity (Wildman–Crippen MR) is 56.8 cm³/mol. The van der Waals surface area contributed by atoms with E-state index in [1.807, 2.05) is 6.07 Å². The van der Waals surface area contributed by atoms with Crippen molar-refractivity contribution in [2.75, 3.05) is 0 Å². The molecule has 0 atom stereocenters. The Morgan fingerprint density at radius 1 is 1.29 bits per heavy atom. The molecule has 1 aliphatic carbocycles. The van der Waals surface area contributed by atoms with Crippen molar-refractivity contribution >= 4 is 18.0 Å². The fourth-order valence-corrected chi connectivity index (χ4v) is 3.00. The van der Waals surface area contributed by atoms with E-state index in [1.165, 1.54) is 32.1 Å². The third-order valence-corrected chi connectivity index (χ3v) is 3.81. The molecule has 0 aromatic carbocycles. The molecule has 1 saturated carbocycles. The van der Waals surface area contributed by atoms with Gasteiger partial charge in [0.05, 0.1) is 0 Å². The van der Waals surface area contributed by atoms with Gasteiger partial charge >= 0.3 is 0 Å². The fraction of sp³-hybridized carbons (Fsp3) is 0.545. The van der Waals surface area contributed by atoms with E-state index in [4.69, 9.17) is 4.42 Å². The maximum absolute atomic E-state index is 10.4. The Morgan fingerprint density at radius 2 is 2.07 bits per heavy atom. The van der Waals surface area contributed by atoms with Gasteiger partial charge in [-0.3, -0.25) is 4.79 Å². The second kappa shape index (κ2) is 4.69. The monoisotopic (exact) mass is 210 g/mol. The summed E-state index contributed by atoms with van der Waals surface area (Å²) in [7, 11) is 0. The molecule has 0 saturated heterocycles. The lowest BCUT2D eigenvalue weighted by molar-refractivity contribution is 0.109. The Bertz CT molecular complexity index is 300. The number of rotatable bonds is 3. The molecule has 1 aliphatic rings.